The zero-order valence-electron chi connectivity index (χ0n) is 29.1. The number of rotatable bonds is 19. The lowest BCUT2D eigenvalue weighted by Gasteiger charge is -2.39. The van der Waals surface area contributed by atoms with Crippen molar-refractivity contribution in [2.45, 2.75) is 164 Å². The second-order valence-electron chi connectivity index (χ2n) is 14.8. The van der Waals surface area contributed by atoms with Crippen molar-refractivity contribution < 1.29 is 0 Å². The molecule has 2 heteroatoms. The smallest absolute Gasteiger partial charge is 0.0499 e. The predicted octanol–water partition coefficient (Wildman–Crippen LogP) is 11.5. The van der Waals surface area contributed by atoms with Crippen molar-refractivity contribution >= 4 is 6.21 Å². The van der Waals surface area contributed by atoms with E-state index in [0.717, 1.165) is 42.1 Å². The molecule has 0 saturated heterocycles. The van der Waals surface area contributed by atoms with Gasteiger partial charge in [-0.2, -0.15) is 0 Å². The van der Waals surface area contributed by atoms with Crippen LogP contribution in [0.25, 0.3) is 0 Å². The van der Waals surface area contributed by atoms with Crippen LogP contribution in [0, 0.1) is 47.3 Å². The molecule has 0 aliphatic heterocycles. The maximum atomic E-state index is 5.18. The Labute approximate surface area is 258 Å². The van der Waals surface area contributed by atoms with Crippen LogP contribution in [0.2, 0.25) is 0 Å². The minimum atomic E-state index is 0.362. The quantitative estimate of drug-likeness (QED) is 0.0935. The second kappa shape index (κ2) is 20.1. The van der Waals surface area contributed by atoms with E-state index < -0.39 is 0 Å². The molecule has 2 aliphatic rings. The van der Waals surface area contributed by atoms with Gasteiger partial charge in [-0.3, -0.25) is 4.99 Å². The summed E-state index contributed by atoms with van der Waals surface area (Å²) >= 11 is 0. The van der Waals surface area contributed by atoms with Gasteiger partial charge in [-0.15, -0.1) is 0 Å². The summed E-state index contributed by atoms with van der Waals surface area (Å²) in [4.78, 5) is 5.18. The van der Waals surface area contributed by atoms with Crippen molar-refractivity contribution in [1.82, 2.24) is 5.32 Å². The van der Waals surface area contributed by atoms with Gasteiger partial charge in [0.25, 0.3) is 0 Å². The van der Waals surface area contributed by atoms with Gasteiger partial charge in [0.15, 0.2) is 0 Å². The third-order valence-electron chi connectivity index (χ3n) is 11.3. The molecule has 0 aromatic rings. The number of unbranched alkanes of at least 4 members (excludes halogenated alkanes) is 1. The van der Waals surface area contributed by atoms with Gasteiger partial charge < -0.3 is 5.32 Å². The minimum absolute atomic E-state index is 0.362. The van der Waals surface area contributed by atoms with Crippen LogP contribution in [0.4, 0.5) is 0 Å². The van der Waals surface area contributed by atoms with Gasteiger partial charge in [-0.1, -0.05) is 98.8 Å². The number of hydrogen-bond acceptors (Lipinski definition) is 2. The number of nitrogens with one attached hydrogen (secondary N) is 1. The van der Waals surface area contributed by atoms with Gasteiger partial charge in [0.2, 0.25) is 0 Å². The fourth-order valence-electron chi connectivity index (χ4n) is 7.89. The number of nitrogens with zero attached hydrogens (tertiary/aromatic N) is 1. The summed E-state index contributed by atoms with van der Waals surface area (Å²) in [6.07, 6.45) is 28.2. The molecule has 0 amide bonds. The van der Waals surface area contributed by atoms with Crippen LogP contribution in [0.5, 0.6) is 0 Å². The fraction of sp³-hybridized carbons (Fsp3) is 0.872. The zero-order valence-corrected chi connectivity index (χ0v) is 29.1. The van der Waals surface area contributed by atoms with Crippen molar-refractivity contribution in [1.29, 1.82) is 0 Å². The maximum absolute atomic E-state index is 5.18. The van der Waals surface area contributed by atoms with Crippen molar-refractivity contribution in [2.24, 2.45) is 52.3 Å². The van der Waals surface area contributed by atoms with E-state index >= 15 is 0 Å². The van der Waals surface area contributed by atoms with Crippen LogP contribution in [-0.2, 0) is 0 Å². The first-order valence-corrected chi connectivity index (χ1v) is 18.3. The van der Waals surface area contributed by atoms with Gasteiger partial charge in [-0.05, 0) is 131 Å². The third-order valence-corrected chi connectivity index (χ3v) is 11.3. The molecular formula is C39H72N2. The Morgan fingerprint density at radius 1 is 0.902 bits per heavy atom. The van der Waals surface area contributed by atoms with E-state index in [-0.39, 0.29) is 0 Å². The Balaban J connectivity index is 2.16. The molecule has 2 rings (SSSR count). The Hall–Kier alpha value is -0.890. The molecule has 8 atom stereocenters. The Morgan fingerprint density at radius 3 is 2.27 bits per heavy atom. The molecule has 2 nitrogen and oxygen atoms in total. The Kier molecular flexibility index (Phi) is 17.8. The zero-order chi connectivity index (χ0) is 30.2. The average molecular weight is 569 g/mol. The fourth-order valence-corrected chi connectivity index (χ4v) is 7.89. The number of hydrogen-bond donors (Lipinski definition) is 1. The first kappa shape index (κ1) is 36.3. The molecule has 238 valence electrons. The predicted molar refractivity (Wildman–Crippen MR) is 185 cm³/mol. The average Bonchev–Trinajstić information content (AvgIpc) is 2.92. The summed E-state index contributed by atoms with van der Waals surface area (Å²) < 4.78 is 0. The summed E-state index contributed by atoms with van der Waals surface area (Å²) in [5.41, 5.74) is 1.36. The lowest BCUT2D eigenvalue weighted by atomic mass is 9.71. The first-order valence-electron chi connectivity index (χ1n) is 18.3. The molecule has 1 saturated carbocycles. The van der Waals surface area contributed by atoms with Gasteiger partial charge in [0, 0.05) is 18.3 Å². The van der Waals surface area contributed by atoms with Gasteiger partial charge in [-0.25, -0.2) is 0 Å². The van der Waals surface area contributed by atoms with Crippen LogP contribution >= 0.6 is 0 Å². The molecule has 2 aliphatic carbocycles. The lowest BCUT2D eigenvalue weighted by Crippen LogP contribution is -2.43. The van der Waals surface area contributed by atoms with Gasteiger partial charge in [0.1, 0.15) is 0 Å². The number of aliphatic imine (C=N–C) groups is 1. The van der Waals surface area contributed by atoms with E-state index in [0.29, 0.717) is 23.9 Å². The van der Waals surface area contributed by atoms with E-state index in [4.69, 9.17) is 4.99 Å². The van der Waals surface area contributed by atoms with Gasteiger partial charge in [0.05, 0.1) is 0 Å². The van der Waals surface area contributed by atoms with Crippen LogP contribution in [0.3, 0.4) is 0 Å². The summed E-state index contributed by atoms with van der Waals surface area (Å²) in [6, 6.07) is 0.964. The summed E-state index contributed by atoms with van der Waals surface area (Å²) in [5.74, 6) is 6.35. The first-order chi connectivity index (χ1) is 19.7. The number of allylic oxidation sites excluding steroid dienone is 4. The topological polar surface area (TPSA) is 24.4 Å². The standard InChI is InChI=1S/C39H72N2/c1-10-14-22-40-39(38-19-16-15-18-34(12-3)24-31(38)7)27-37(23-29(5)17-11-2)32(8)33(9)41-28-30(6)20-21-36-25-35(13-4)26-36/h15-16,20,28-29,31-40H,10-14,17-19,21-27H2,1-9H3/b16-15?,30-20+,41-28?. The van der Waals surface area contributed by atoms with E-state index in [1.807, 2.05) is 0 Å². The van der Waals surface area contributed by atoms with Crippen LogP contribution in [-0.4, -0.2) is 24.8 Å². The highest BCUT2D eigenvalue weighted by Gasteiger charge is 2.33. The molecule has 0 heterocycles. The molecule has 1 N–H and O–H groups in total. The molecule has 41 heavy (non-hydrogen) atoms. The van der Waals surface area contributed by atoms with Crippen LogP contribution < -0.4 is 5.32 Å². The normalized spacial score (nSPS) is 29.4. The summed E-state index contributed by atoms with van der Waals surface area (Å²) in [6.45, 7) is 22.8. The van der Waals surface area contributed by atoms with E-state index in [1.165, 1.54) is 95.5 Å². The molecule has 8 unspecified atom stereocenters. The van der Waals surface area contributed by atoms with Crippen molar-refractivity contribution in [3.8, 4) is 0 Å². The van der Waals surface area contributed by atoms with Crippen LogP contribution in [0.1, 0.15) is 152 Å². The van der Waals surface area contributed by atoms with Crippen LogP contribution in [0.15, 0.2) is 28.8 Å². The molecule has 1 fully saturated rings. The second-order valence-corrected chi connectivity index (χ2v) is 14.8. The maximum Gasteiger partial charge on any atom is 0.0499 e. The molecule has 0 bridgehead atoms. The Morgan fingerprint density at radius 2 is 1.61 bits per heavy atom. The molecular weight excluding hydrogens is 496 g/mol. The lowest BCUT2D eigenvalue weighted by molar-refractivity contribution is 0.158. The van der Waals surface area contributed by atoms with E-state index in [2.05, 4.69) is 92.1 Å². The monoisotopic (exact) mass is 569 g/mol. The molecule has 0 radical (unpaired) electrons. The summed E-state index contributed by atoms with van der Waals surface area (Å²) in [5, 5.41) is 4.15. The molecule has 0 aromatic heterocycles. The Bertz CT molecular complexity index is 760. The minimum Gasteiger partial charge on any atom is -0.314 e. The van der Waals surface area contributed by atoms with E-state index in [9.17, 15) is 0 Å². The van der Waals surface area contributed by atoms with Crippen molar-refractivity contribution in [2.75, 3.05) is 6.54 Å². The van der Waals surface area contributed by atoms with Crippen molar-refractivity contribution in [3.05, 3.63) is 23.8 Å². The molecule has 0 aromatic carbocycles. The largest absolute Gasteiger partial charge is 0.314 e. The highest BCUT2D eigenvalue weighted by Crippen LogP contribution is 2.39. The highest BCUT2D eigenvalue weighted by atomic mass is 14.9. The third kappa shape index (κ3) is 13.1. The van der Waals surface area contributed by atoms with Gasteiger partial charge >= 0.3 is 0 Å². The SMILES string of the molecule is CCCCNC(CC(CC(C)CCC)C(C)C(C)N=C/C(C)=C/CC1CC(CC)C1)C1CC=CCC(CC)CC1C. The molecule has 0 spiro atoms. The highest BCUT2D eigenvalue weighted by molar-refractivity contribution is 5.77. The van der Waals surface area contributed by atoms with E-state index in [1.54, 1.807) is 0 Å². The van der Waals surface area contributed by atoms with Crippen molar-refractivity contribution in [3.63, 3.8) is 0 Å². The summed E-state index contributed by atoms with van der Waals surface area (Å²) in [7, 11) is 0.